The van der Waals surface area contributed by atoms with E-state index in [1.54, 1.807) is 30.8 Å². The number of benzene rings is 1. The fourth-order valence-corrected chi connectivity index (χ4v) is 5.35. The zero-order valence-electron chi connectivity index (χ0n) is 23.9. The summed E-state index contributed by atoms with van der Waals surface area (Å²) in [6.07, 6.45) is 2.89. The Bertz CT molecular complexity index is 1060. The number of nitrogens with zero attached hydrogens (tertiary/aromatic N) is 3. The van der Waals surface area contributed by atoms with Crippen molar-refractivity contribution in [1.82, 2.24) is 4.90 Å². The summed E-state index contributed by atoms with van der Waals surface area (Å²) in [5, 5.41) is 0. The van der Waals surface area contributed by atoms with Crippen LogP contribution in [0.2, 0.25) is 0 Å². The van der Waals surface area contributed by atoms with Crippen LogP contribution in [0.15, 0.2) is 18.2 Å². The second-order valence-electron chi connectivity index (χ2n) is 12.4. The van der Waals surface area contributed by atoms with Crippen molar-refractivity contribution < 1.29 is 28.6 Å². The van der Waals surface area contributed by atoms with Gasteiger partial charge in [-0.2, -0.15) is 0 Å². The molecule has 3 aliphatic rings. The van der Waals surface area contributed by atoms with Crippen molar-refractivity contribution >= 4 is 29.3 Å². The second kappa shape index (κ2) is 10.8. The van der Waals surface area contributed by atoms with Crippen molar-refractivity contribution in [3.05, 3.63) is 18.2 Å². The molecule has 210 valence electrons. The van der Waals surface area contributed by atoms with Crippen LogP contribution in [0.25, 0.3) is 0 Å². The first kappa shape index (κ1) is 28.2. The van der Waals surface area contributed by atoms with Gasteiger partial charge in [0, 0.05) is 45.1 Å². The van der Waals surface area contributed by atoms with Gasteiger partial charge in [0.1, 0.15) is 11.4 Å². The number of carbonyl (C=O) groups excluding carboxylic acids is 3. The van der Waals surface area contributed by atoms with Crippen molar-refractivity contribution in [3.63, 3.8) is 0 Å². The Morgan fingerprint density at radius 3 is 2.53 bits per heavy atom. The SMILES string of the molecule is COCCCN1C(=O)C(C)(C)Oc2ccc(N(C(=O)[C@@H]3C[C@H](C)CN(C(=O)OC(C)(C)C)C3)C3CC3)cc21. The normalized spacial score (nSPS) is 23.0. The molecule has 4 rings (SSSR count). The summed E-state index contributed by atoms with van der Waals surface area (Å²) in [7, 11) is 1.65. The highest BCUT2D eigenvalue weighted by atomic mass is 16.6. The van der Waals surface area contributed by atoms with E-state index in [2.05, 4.69) is 6.92 Å². The molecule has 38 heavy (non-hydrogen) atoms. The Labute approximate surface area is 226 Å². The maximum atomic E-state index is 14.0. The van der Waals surface area contributed by atoms with Crippen LogP contribution >= 0.6 is 0 Å². The van der Waals surface area contributed by atoms with E-state index in [0.717, 1.165) is 18.5 Å². The van der Waals surface area contributed by atoms with Crippen LogP contribution < -0.4 is 14.5 Å². The second-order valence-corrected chi connectivity index (χ2v) is 12.4. The van der Waals surface area contributed by atoms with E-state index in [-0.39, 0.29) is 35.8 Å². The molecule has 2 fully saturated rings. The van der Waals surface area contributed by atoms with Gasteiger partial charge in [-0.15, -0.1) is 0 Å². The van der Waals surface area contributed by atoms with Crippen LogP contribution in [0.4, 0.5) is 16.2 Å². The summed E-state index contributed by atoms with van der Waals surface area (Å²) in [4.78, 5) is 45.4. The molecular weight excluding hydrogens is 486 g/mol. The molecule has 0 spiro atoms. The highest BCUT2D eigenvalue weighted by Crippen LogP contribution is 2.43. The summed E-state index contributed by atoms with van der Waals surface area (Å²) in [6, 6.07) is 5.79. The van der Waals surface area contributed by atoms with Crippen molar-refractivity contribution in [1.29, 1.82) is 0 Å². The first-order chi connectivity index (χ1) is 17.8. The highest BCUT2D eigenvalue weighted by Gasteiger charge is 2.44. The fourth-order valence-electron chi connectivity index (χ4n) is 5.35. The third-order valence-electron chi connectivity index (χ3n) is 7.18. The molecule has 1 aromatic rings. The lowest BCUT2D eigenvalue weighted by atomic mass is 9.89. The zero-order chi connectivity index (χ0) is 27.8. The summed E-state index contributed by atoms with van der Waals surface area (Å²) in [5.41, 5.74) is -0.138. The molecule has 1 aliphatic carbocycles. The zero-order valence-corrected chi connectivity index (χ0v) is 23.9. The summed E-state index contributed by atoms with van der Waals surface area (Å²) >= 11 is 0. The minimum Gasteiger partial charge on any atom is -0.476 e. The van der Waals surface area contributed by atoms with E-state index in [1.165, 1.54) is 0 Å². The smallest absolute Gasteiger partial charge is 0.410 e. The molecule has 0 bridgehead atoms. The average molecular weight is 530 g/mol. The van der Waals surface area contributed by atoms with Gasteiger partial charge in [0.2, 0.25) is 5.91 Å². The quantitative estimate of drug-likeness (QED) is 0.479. The number of ether oxygens (including phenoxy) is 3. The number of fused-ring (bicyclic) bond motifs is 1. The molecule has 1 saturated carbocycles. The molecule has 2 atom stereocenters. The monoisotopic (exact) mass is 529 g/mol. The third-order valence-corrected chi connectivity index (χ3v) is 7.18. The van der Waals surface area contributed by atoms with E-state index >= 15 is 0 Å². The largest absolute Gasteiger partial charge is 0.476 e. The number of anilines is 2. The maximum Gasteiger partial charge on any atom is 0.410 e. The number of piperidine rings is 1. The molecule has 0 N–H and O–H groups in total. The lowest BCUT2D eigenvalue weighted by molar-refractivity contribution is -0.132. The molecule has 1 saturated heterocycles. The fraction of sp³-hybridized carbons (Fsp3) is 0.690. The minimum atomic E-state index is -0.975. The van der Waals surface area contributed by atoms with E-state index in [9.17, 15) is 14.4 Å². The number of hydrogen-bond acceptors (Lipinski definition) is 6. The highest BCUT2D eigenvalue weighted by molar-refractivity contribution is 6.04. The number of amides is 3. The van der Waals surface area contributed by atoms with Crippen molar-refractivity contribution in [3.8, 4) is 5.75 Å². The molecular formula is C29H43N3O6. The number of hydrogen-bond donors (Lipinski definition) is 0. The van der Waals surface area contributed by atoms with Gasteiger partial charge in [-0.1, -0.05) is 6.92 Å². The molecule has 0 aromatic heterocycles. The summed E-state index contributed by atoms with van der Waals surface area (Å²) < 4.78 is 16.9. The van der Waals surface area contributed by atoms with Gasteiger partial charge in [-0.25, -0.2) is 4.79 Å². The number of rotatable bonds is 7. The van der Waals surface area contributed by atoms with Crippen LogP contribution in [0.1, 0.15) is 67.2 Å². The average Bonchev–Trinajstić information content (AvgIpc) is 3.65. The minimum absolute atomic E-state index is 0.0156. The molecule has 2 heterocycles. The lowest BCUT2D eigenvalue weighted by Crippen LogP contribution is -2.53. The van der Waals surface area contributed by atoms with Crippen LogP contribution in [0.5, 0.6) is 5.75 Å². The van der Waals surface area contributed by atoms with Gasteiger partial charge in [0.25, 0.3) is 5.91 Å². The van der Waals surface area contributed by atoms with E-state index in [4.69, 9.17) is 14.2 Å². The number of carbonyl (C=O) groups is 3. The van der Waals surface area contributed by atoms with Crippen LogP contribution in [-0.2, 0) is 19.1 Å². The van der Waals surface area contributed by atoms with Crippen LogP contribution in [-0.4, -0.2) is 73.4 Å². The summed E-state index contributed by atoms with van der Waals surface area (Å²) in [6.45, 7) is 13.1. The van der Waals surface area contributed by atoms with Crippen LogP contribution in [0, 0.1) is 11.8 Å². The van der Waals surface area contributed by atoms with E-state index in [1.807, 2.05) is 43.9 Å². The maximum absolute atomic E-state index is 14.0. The van der Waals surface area contributed by atoms with E-state index in [0.29, 0.717) is 50.5 Å². The number of methoxy groups -OCH3 is 1. The van der Waals surface area contributed by atoms with Gasteiger partial charge in [-0.05, 0) is 84.4 Å². The van der Waals surface area contributed by atoms with Crippen LogP contribution in [0.3, 0.4) is 0 Å². The molecule has 1 aromatic carbocycles. The van der Waals surface area contributed by atoms with Gasteiger partial charge < -0.3 is 28.9 Å². The third kappa shape index (κ3) is 6.25. The van der Waals surface area contributed by atoms with Crippen molar-refractivity contribution in [2.24, 2.45) is 11.8 Å². The van der Waals surface area contributed by atoms with Crippen molar-refractivity contribution in [2.75, 3.05) is 43.2 Å². The number of likely N-dealkylation sites (tertiary alicyclic amines) is 1. The Morgan fingerprint density at radius 1 is 1.18 bits per heavy atom. The Balaban J connectivity index is 1.60. The molecule has 0 unspecified atom stereocenters. The molecule has 3 amide bonds. The predicted molar refractivity (Wildman–Crippen MR) is 146 cm³/mol. The first-order valence-corrected chi connectivity index (χ1v) is 13.8. The van der Waals surface area contributed by atoms with Crippen molar-refractivity contribution in [2.45, 2.75) is 84.5 Å². The van der Waals surface area contributed by atoms with E-state index < -0.39 is 11.2 Å². The standard InChI is InChI=1S/C29H43N3O6/c1-19-15-20(18-30(17-19)27(35)38-28(2,3)4)25(33)32(21-9-10-21)22-11-12-24-23(16-22)31(13-8-14-36-7)26(34)29(5,6)37-24/h11-12,16,19-21H,8-10,13-15,17-18H2,1-7H3/t19-,20+/m0/s1. The molecule has 9 nitrogen and oxygen atoms in total. The molecule has 0 radical (unpaired) electrons. The Kier molecular flexibility index (Phi) is 7.98. The Morgan fingerprint density at radius 2 is 1.89 bits per heavy atom. The molecule has 2 aliphatic heterocycles. The Hall–Kier alpha value is -2.81. The first-order valence-electron chi connectivity index (χ1n) is 13.8. The lowest BCUT2D eigenvalue weighted by Gasteiger charge is -2.40. The topological polar surface area (TPSA) is 88.6 Å². The van der Waals surface area contributed by atoms with Gasteiger partial charge >= 0.3 is 6.09 Å². The predicted octanol–water partition coefficient (Wildman–Crippen LogP) is 4.62. The molecule has 9 heteroatoms. The van der Waals surface area contributed by atoms with Gasteiger partial charge in [0.05, 0.1) is 11.6 Å². The summed E-state index contributed by atoms with van der Waals surface area (Å²) in [5.74, 6) is 0.386. The van der Waals surface area contributed by atoms with Gasteiger partial charge in [-0.3, -0.25) is 9.59 Å². The van der Waals surface area contributed by atoms with Gasteiger partial charge in [0.15, 0.2) is 5.60 Å².